The second kappa shape index (κ2) is 5.74. The van der Waals surface area contributed by atoms with Crippen LogP contribution in [0, 0.1) is 16.7 Å². The number of hydrogen-bond donors (Lipinski definition) is 1. The lowest BCUT2D eigenvalue weighted by Crippen LogP contribution is -2.40. The van der Waals surface area contributed by atoms with E-state index in [0.717, 1.165) is 44.1 Å². The number of hydrogen-bond acceptors (Lipinski definition) is 4. The Morgan fingerprint density at radius 1 is 1.24 bits per heavy atom. The van der Waals surface area contributed by atoms with E-state index in [1.807, 2.05) is 24.3 Å². The zero-order chi connectivity index (χ0) is 14.7. The van der Waals surface area contributed by atoms with Crippen LogP contribution < -0.4 is 10.2 Å². The highest BCUT2D eigenvalue weighted by molar-refractivity contribution is 5.97. The maximum atomic E-state index is 12.2. The zero-order valence-corrected chi connectivity index (χ0v) is 12.0. The van der Waals surface area contributed by atoms with Gasteiger partial charge in [0.1, 0.15) is 5.41 Å². The number of nitrogens with one attached hydrogen (secondary N) is 1. The number of carbonyl (C=O) groups is 1. The van der Waals surface area contributed by atoms with Gasteiger partial charge < -0.3 is 15.0 Å². The van der Waals surface area contributed by atoms with Crippen molar-refractivity contribution < 1.29 is 9.53 Å². The molecule has 21 heavy (non-hydrogen) atoms. The van der Waals surface area contributed by atoms with E-state index in [1.165, 1.54) is 0 Å². The van der Waals surface area contributed by atoms with Gasteiger partial charge in [0.15, 0.2) is 0 Å². The Hall–Kier alpha value is -2.06. The van der Waals surface area contributed by atoms with Gasteiger partial charge in [0.05, 0.1) is 19.3 Å². The van der Waals surface area contributed by atoms with E-state index in [4.69, 9.17) is 10.00 Å². The number of anilines is 2. The molecule has 5 heteroatoms. The van der Waals surface area contributed by atoms with E-state index in [9.17, 15) is 4.79 Å². The summed E-state index contributed by atoms with van der Waals surface area (Å²) < 4.78 is 5.34. The average Bonchev–Trinajstić information content (AvgIpc) is 2.48. The number of rotatable bonds is 3. The number of amides is 1. The summed E-state index contributed by atoms with van der Waals surface area (Å²) in [5.41, 5.74) is 1.08. The molecule has 0 spiro atoms. The van der Waals surface area contributed by atoms with Crippen molar-refractivity contribution in [3.05, 3.63) is 24.3 Å². The van der Waals surface area contributed by atoms with E-state index in [0.29, 0.717) is 12.8 Å². The Morgan fingerprint density at radius 2 is 1.90 bits per heavy atom. The topological polar surface area (TPSA) is 65.4 Å². The molecule has 0 aromatic heterocycles. The molecule has 1 aliphatic heterocycles. The lowest BCUT2D eigenvalue weighted by atomic mass is 9.69. The van der Waals surface area contributed by atoms with Gasteiger partial charge >= 0.3 is 0 Å². The SMILES string of the molecule is N#CC1(C(=O)Nc2ccc(N3CCOCC3)cc2)CCC1. The minimum absolute atomic E-state index is 0.171. The first kappa shape index (κ1) is 13.9. The predicted octanol–water partition coefficient (Wildman–Crippen LogP) is 2.16. The number of morpholine rings is 1. The Balaban J connectivity index is 1.64. The number of benzene rings is 1. The Kier molecular flexibility index (Phi) is 3.80. The van der Waals surface area contributed by atoms with Gasteiger partial charge in [-0.2, -0.15) is 5.26 Å². The van der Waals surface area contributed by atoms with Gasteiger partial charge in [-0.15, -0.1) is 0 Å². The van der Waals surface area contributed by atoms with Crippen LogP contribution in [0.3, 0.4) is 0 Å². The Labute approximate surface area is 124 Å². The van der Waals surface area contributed by atoms with Crippen LogP contribution in [0.4, 0.5) is 11.4 Å². The molecule has 1 N–H and O–H groups in total. The molecule has 5 nitrogen and oxygen atoms in total. The van der Waals surface area contributed by atoms with Gasteiger partial charge in [0, 0.05) is 24.5 Å². The third kappa shape index (κ3) is 2.72. The summed E-state index contributed by atoms with van der Waals surface area (Å²) in [5.74, 6) is -0.171. The van der Waals surface area contributed by atoms with Crippen molar-refractivity contribution in [1.82, 2.24) is 0 Å². The van der Waals surface area contributed by atoms with Gasteiger partial charge in [0.25, 0.3) is 0 Å². The Bertz CT molecular complexity index is 552. The first-order chi connectivity index (χ1) is 10.2. The minimum atomic E-state index is -0.803. The van der Waals surface area contributed by atoms with Crippen LogP contribution in [0.1, 0.15) is 19.3 Å². The average molecular weight is 285 g/mol. The van der Waals surface area contributed by atoms with Crippen LogP contribution in [0.25, 0.3) is 0 Å². The highest BCUT2D eigenvalue weighted by Gasteiger charge is 2.44. The summed E-state index contributed by atoms with van der Waals surface area (Å²) in [7, 11) is 0. The summed E-state index contributed by atoms with van der Waals surface area (Å²) in [6, 6.07) is 9.96. The molecule has 0 atom stereocenters. The van der Waals surface area contributed by atoms with Gasteiger partial charge in [-0.05, 0) is 43.5 Å². The fraction of sp³-hybridized carbons (Fsp3) is 0.500. The molecule has 3 rings (SSSR count). The maximum absolute atomic E-state index is 12.2. The molecule has 1 aliphatic carbocycles. The normalized spacial score (nSPS) is 20.2. The van der Waals surface area contributed by atoms with Crippen LogP contribution in [0.15, 0.2) is 24.3 Å². The summed E-state index contributed by atoms with van der Waals surface area (Å²) >= 11 is 0. The molecule has 2 fully saturated rings. The third-order valence-corrected chi connectivity index (χ3v) is 4.36. The van der Waals surface area contributed by atoms with Crippen LogP contribution in [-0.4, -0.2) is 32.2 Å². The molecule has 1 aromatic carbocycles. The molecule has 0 bridgehead atoms. The number of nitrogens with zero attached hydrogens (tertiary/aromatic N) is 2. The molecule has 0 unspecified atom stereocenters. The predicted molar refractivity (Wildman–Crippen MR) is 80.0 cm³/mol. The smallest absolute Gasteiger partial charge is 0.244 e. The van der Waals surface area contributed by atoms with E-state index in [2.05, 4.69) is 16.3 Å². The van der Waals surface area contributed by atoms with Crippen molar-refractivity contribution in [3.63, 3.8) is 0 Å². The highest BCUT2D eigenvalue weighted by Crippen LogP contribution is 2.41. The number of nitriles is 1. The van der Waals surface area contributed by atoms with Crippen LogP contribution in [0.5, 0.6) is 0 Å². The monoisotopic (exact) mass is 285 g/mol. The Morgan fingerprint density at radius 3 is 2.43 bits per heavy atom. The second-order valence-corrected chi connectivity index (χ2v) is 5.65. The van der Waals surface area contributed by atoms with E-state index in [-0.39, 0.29) is 5.91 Å². The second-order valence-electron chi connectivity index (χ2n) is 5.65. The maximum Gasteiger partial charge on any atom is 0.244 e. The highest BCUT2D eigenvalue weighted by atomic mass is 16.5. The molecule has 0 radical (unpaired) electrons. The summed E-state index contributed by atoms with van der Waals surface area (Å²) in [4.78, 5) is 14.4. The lowest BCUT2D eigenvalue weighted by molar-refractivity contribution is -0.126. The van der Waals surface area contributed by atoms with Crippen LogP contribution in [-0.2, 0) is 9.53 Å². The van der Waals surface area contributed by atoms with Crippen LogP contribution in [0.2, 0.25) is 0 Å². The third-order valence-electron chi connectivity index (χ3n) is 4.36. The quantitative estimate of drug-likeness (QED) is 0.924. The number of ether oxygens (including phenoxy) is 1. The van der Waals surface area contributed by atoms with Crippen molar-refractivity contribution in [1.29, 1.82) is 5.26 Å². The fourth-order valence-electron chi connectivity index (χ4n) is 2.75. The first-order valence-corrected chi connectivity index (χ1v) is 7.39. The summed E-state index contributed by atoms with van der Waals surface area (Å²) in [6.07, 6.45) is 2.29. The fourth-order valence-corrected chi connectivity index (χ4v) is 2.75. The molecule has 1 aromatic rings. The van der Waals surface area contributed by atoms with E-state index in [1.54, 1.807) is 0 Å². The molecule has 1 saturated heterocycles. The standard InChI is InChI=1S/C16H19N3O2/c17-12-16(6-1-7-16)15(20)18-13-2-4-14(5-3-13)19-8-10-21-11-9-19/h2-5H,1,6-11H2,(H,18,20). The zero-order valence-electron chi connectivity index (χ0n) is 12.0. The molecular weight excluding hydrogens is 266 g/mol. The molecule has 1 heterocycles. The molecule has 110 valence electrons. The first-order valence-electron chi connectivity index (χ1n) is 7.39. The number of carbonyl (C=O) groups excluding carboxylic acids is 1. The summed E-state index contributed by atoms with van der Waals surface area (Å²) in [5, 5.41) is 12.0. The van der Waals surface area contributed by atoms with Crippen LogP contribution >= 0.6 is 0 Å². The molecule has 2 aliphatic rings. The van der Waals surface area contributed by atoms with E-state index < -0.39 is 5.41 Å². The van der Waals surface area contributed by atoms with Crippen molar-refractivity contribution in [2.24, 2.45) is 5.41 Å². The van der Waals surface area contributed by atoms with Gasteiger partial charge in [-0.1, -0.05) is 0 Å². The van der Waals surface area contributed by atoms with Crippen molar-refractivity contribution >= 4 is 17.3 Å². The van der Waals surface area contributed by atoms with Crippen molar-refractivity contribution in [3.8, 4) is 6.07 Å². The van der Waals surface area contributed by atoms with Gasteiger partial charge in [-0.3, -0.25) is 4.79 Å². The largest absolute Gasteiger partial charge is 0.378 e. The van der Waals surface area contributed by atoms with Crippen molar-refractivity contribution in [2.45, 2.75) is 19.3 Å². The minimum Gasteiger partial charge on any atom is -0.378 e. The van der Waals surface area contributed by atoms with Gasteiger partial charge in [-0.25, -0.2) is 0 Å². The molecule has 1 amide bonds. The van der Waals surface area contributed by atoms with Crippen molar-refractivity contribution in [2.75, 3.05) is 36.5 Å². The lowest BCUT2D eigenvalue weighted by Gasteiger charge is -2.33. The van der Waals surface area contributed by atoms with Gasteiger partial charge in [0.2, 0.25) is 5.91 Å². The molecular formula is C16H19N3O2. The summed E-state index contributed by atoms with van der Waals surface area (Å²) in [6.45, 7) is 3.29. The molecule has 1 saturated carbocycles. The van der Waals surface area contributed by atoms with E-state index >= 15 is 0 Å².